The summed E-state index contributed by atoms with van der Waals surface area (Å²) in [4.78, 5) is 38.6. The van der Waals surface area contributed by atoms with Gasteiger partial charge in [-0.2, -0.15) is 0 Å². The number of fused-ring (bicyclic) bond motifs is 3. The Kier molecular flexibility index (Phi) is 6.12. The van der Waals surface area contributed by atoms with Crippen LogP contribution in [-0.2, 0) is 22.4 Å². The number of likely N-dealkylation sites (tertiary alicyclic amines) is 1. The lowest BCUT2D eigenvalue weighted by molar-refractivity contribution is -0.145. The maximum Gasteiger partial charge on any atom is 0.339 e. The molecule has 2 aromatic rings. The zero-order valence-electron chi connectivity index (χ0n) is 19.7. The molecule has 8 nitrogen and oxygen atoms in total. The molecule has 1 N–H and O–H groups in total. The van der Waals surface area contributed by atoms with E-state index in [0.29, 0.717) is 42.0 Å². The molecule has 3 heterocycles. The molecule has 2 aliphatic heterocycles. The van der Waals surface area contributed by atoms with Crippen LogP contribution >= 0.6 is 0 Å². The molecular weight excluding hydrogens is 426 g/mol. The number of aliphatic carboxylic acids is 1. The number of carbonyl (C=O) groups is 2. The van der Waals surface area contributed by atoms with Gasteiger partial charge < -0.3 is 23.9 Å². The predicted octanol–water partition coefficient (Wildman–Crippen LogP) is 3.47. The molecule has 0 spiro atoms. The van der Waals surface area contributed by atoms with E-state index in [9.17, 15) is 19.5 Å². The van der Waals surface area contributed by atoms with Crippen molar-refractivity contribution in [2.24, 2.45) is 5.92 Å². The molecule has 1 atom stereocenters. The van der Waals surface area contributed by atoms with Gasteiger partial charge in [0.2, 0.25) is 5.91 Å². The van der Waals surface area contributed by atoms with Gasteiger partial charge in [0.25, 0.3) is 0 Å². The van der Waals surface area contributed by atoms with Crippen molar-refractivity contribution in [3.05, 3.63) is 33.2 Å². The quantitative estimate of drug-likeness (QED) is 0.685. The van der Waals surface area contributed by atoms with Gasteiger partial charge in [0, 0.05) is 36.7 Å². The number of hydrogen-bond donors (Lipinski definition) is 1. The molecule has 2 aliphatic rings. The summed E-state index contributed by atoms with van der Waals surface area (Å²) in [6.45, 7) is 6.66. The molecule has 1 amide bonds. The molecule has 0 bridgehead atoms. The van der Waals surface area contributed by atoms with Crippen molar-refractivity contribution in [3.63, 3.8) is 0 Å². The van der Waals surface area contributed by atoms with Crippen LogP contribution in [0.4, 0.5) is 0 Å². The molecular formula is C25H31NO7. The van der Waals surface area contributed by atoms with Crippen LogP contribution in [0.3, 0.4) is 0 Å². The van der Waals surface area contributed by atoms with E-state index in [-0.39, 0.29) is 30.9 Å². The summed E-state index contributed by atoms with van der Waals surface area (Å²) in [5.74, 6) is -0.318. The smallest absolute Gasteiger partial charge is 0.339 e. The van der Waals surface area contributed by atoms with Gasteiger partial charge in [0.05, 0.1) is 18.4 Å². The number of hydrogen-bond acceptors (Lipinski definition) is 6. The molecule has 1 saturated heterocycles. The molecule has 1 aromatic carbocycles. The zero-order valence-corrected chi connectivity index (χ0v) is 19.7. The Morgan fingerprint density at radius 1 is 1.33 bits per heavy atom. The lowest BCUT2D eigenvalue weighted by Crippen LogP contribution is -2.42. The largest absolute Gasteiger partial charge is 0.496 e. The number of methoxy groups -OCH3 is 1. The van der Waals surface area contributed by atoms with Gasteiger partial charge in [-0.05, 0) is 58.4 Å². The minimum absolute atomic E-state index is 0.119. The number of aryl methyl sites for hydroxylation is 2. The van der Waals surface area contributed by atoms with Crippen LogP contribution in [0, 0.1) is 12.8 Å². The monoisotopic (exact) mass is 457 g/mol. The van der Waals surface area contributed by atoms with Crippen molar-refractivity contribution in [1.82, 2.24) is 4.90 Å². The molecule has 1 fully saturated rings. The Balaban J connectivity index is 1.64. The maximum atomic E-state index is 12.9. The standard InChI is InChI=1S/C25H31NO7/c1-14-16(7-8-20(27)26-11-5-6-15(13-26)23(28)29)24(30)32-22-17-9-10-25(2,3)33-18(17)12-19(31-4)21(14)22/h12,15H,5-11,13H2,1-4H3,(H,28,29). The summed E-state index contributed by atoms with van der Waals surface area (Å²) in [5.41, 5.74) is 1.75. The maximum absolute atomic E-state index is 12.9. The van der Waals surface area contributed by atoms with Gasteiger partial charge in [-0.15, -0.1) is 0 Å². The van der Waals surface area contributed by atoms with E-state index < -0.39 is 17.5 Å². The topological polar surface area (TPSA) is 106 Å². The second-order valence-corrected chi connectivity index (χ2v) is 9.63. The van der Waals surface area contributed by atoms with Gasteiger partial charge >= 0.3 is 11.6 Å². The van der Waals surface area contributed by atoms with Crippen molar-refractivity contribution < 1.29 is 28.6 Å². The Bertz CT molecular complexity index is 1160. The van der Waals surface area contributed by atoms with E-state index in [1.807, 2.05) is 26.8 Å². The number of rotatable bonds is 5. The van der Waals surface area contributed by atoms with Gasteiger partial charge in [0.15, 0.2) is 0 Å². The van der Waals surface area contributed by atoms with Crippen LogP contribution in [0.2, 0.25) is 0 Å². The van der Waals surface area contributed by atoms with E-state index >= 15 is 0 Å². The van der Waals surface area contributed by atoms with Crippen LogP contribution in [-0.4, -0.2) is 47.7 Å². The van der Waals surface area contributed by atoms with E-state index in [4.69, 9.17) is 13.9 Å². The number of nitrogens with zero attached hydrogens (tertiary/aromatic N) is 1. The molecule has 178 valence electrons. The summed E-state index contributed by atoms with van der Waals surface area (Å²) in [6.07, 6.45) is 3.11. The van der Waals surface area contributed by atoms with E-state index in [1.54, 1.807) is 12.0 Å². The highest BCUT2D eigenvalue weighted by Crippen LogP contribution is 2.43. The third kappa shape index (κ3) is 4.43. The SMILES string of the molecule is COc1cc2c(c3oc(=O)c(CCC(=O)N4CCCC(C(=O)O)C4)c(C)c13)CCC(C)(C)O2. The number of carbonyl (C=O) groups excluding carboxylic acids is 1. The van der Waals surface area contributed by atoms with Gasteiger partial charge in [-0.3, -0.25) is 9.59 Å². The molecule has 0 aliphatic carbocycles. The molecule has 1 unspecified atom stereocenters. The van der Waals surface area contributed by atoms with Crippen LogP contribution in [0.25, 0.3) is 11.0 Å². The van der Waals surface area contributed by atoms with Crippen LogP contribution in [0.5, 0.6) is 11.5 Å². The summed E-state index contributed by atoms with van der Waals surface area (Å²) >= 11 is 0. The molecule has 33 heavy (non-hydrogen) atoms. The molecule has 0 radical (unpaired) electrons. The van der Waals surface area contributed by atoms with Gasteiger partial charge in [-0.25, -0.2) is 4.79 Å². The fraction of sp³-hybridized carbons (Fsp3) is 0.560. The first-order chi connectivity index (χ1) is 15.6. The second kappa shape index (κ2) is 8.72. The first-order valence-corrected chi connectivity index (χ1v) is 11.5. The van der Waals surface area contributed by atoms with E-state index in [0.717, 1.165) is 29.4 Å². The molecule has 1 aromatic heterocycles. The second-order valence-electron chi connectivity index (χ2n) is 9.63. The highest BCUT2D eigenvalue weighted by molar-refractivity contribution is 5.92. The number of benzene rings is 1. The predicted molar refractivity (Wildman–Crippen MR) is 122 cm³/mol. The first kappa shape index (κ1) is 23.1. The summed E-state index contributed by atoms with van der Waals surface area (Å²) in [5, 5.41) is 10.00. The van der Waals surface area contributed by atoms with Crippen molar-refractivity contribution in [2.45, 2.75) is 64.9 Å². The zero-order chi connectivity index (χ0) is 23.9. The lowest BCUT2D eigenvalue weighted by atomic mass is 9.91. The average molecular weight is 458 g/mol. The van der Waals surface area contributed by atoms with Crippen LogP contribution in [0.15, 0.2) is 15.3 Å². The fourth-order valence-electron chi connectivity index (χ4n) is 4.93. The highest BCUT2D eigenvalue weighted by Gasteiger charge is 2.32. The van der Waals surface area contributed by atoms with Gasteiger partial charge in [0.1, 0.15) is 22.7 Å². The van der Waals surface area contributed by atoms with Crippen molar-refractivity contribution in [1.29, 1.82) is 0 Å². The summed E-state index contributed by atoms with van der Waals surface area (Å²) in [7, 11) is 1.57. The third-order valence-electron chi connectivity index (χ3n) is 6.87. The van der Waals surface area contributed by atoms with E-state index in [1.165, 1.54) is 0 Å². The number of amides is 1. The van der Waals surface area contributed by atoms with Crippen molar-refractivity contribution in [3.8, 4) is 11.5 Å². The van der Waals surface area contributed by atoms with Crippen LogP contribution in [0.1, 0.15) is 56.2 Å². The van der Waals surface area contributed by atoms with Gasteiger partial charge in [-0.1, -0.05) is 0 Å². The molecule has 0 saturated carbocycles. The first-order valence-electron chi connectivity index (χ1n) is 11.5. The number of carboxylic acids is 1. The normalized spacial score (nSPS) is 19.6. The number of ether oxygens (including phenoxy) is 2. The van der Waals surface area contributed by atoms with Crippen molar-refractivity contribution in [2.75, 3.05) is 20.2 Å². The Labute approximate surface area is 192 Å². The Hall–Kier alpha value is -3.03. The van der Waals surface area contributed by atoms with Crippen molar-refractivity contribution >= 4 is 22.8 Å². The highest BCUT2D eigenvalue weighted by atomic mass is 16.5. The summed E-state index contributed by atoms with van der Waals surface area (Å²) in [6, 6.07) is 1.85. The van der Waals surface area contributed by atoms with E-state index in [2.05, 4.69) is 0 Å². The summed E-state index contributed by atoms with van der Waals surface area (Å²) < 4.78 is 17.5. The number of carboxylic acid groups (broad SMARTS) is 1. The molecule has 4 rings (SSSR count). The minimum Gasteiger partial charge on any atom is -0.496 e. The lowest BCUT2D eigenvalue weighted by Gasteiger charge is -2.33. The third-order valence-corrected chi connectivity index (χ3v) is 6.87. The Morgan fingerprint density at radius 2 is 2.09 bits per heavy atom. The Morgan fingerprint density at radius 3 is 2.79 bits per heavy atom. The number of piperidine rings is 1. The minimum atomic E-state index is -0.874. The van der Waals surface area contributed by atoms with Crippen LogP contribution < -0.4 is 15.1 Å². The fourth-order valence-corrected chi connectivity index (χ4v) is 4.93. The average Bonchev–Trinajstić information content (AvgIpc) is 2.77. The molecule has 8 heteroatoms.